The molecule has 0 aromatic heterocycles. The summed E-state index contributed by atoms with van der Waals surface area (Å²) < 4.78 is 0. The molecule has 1 N–H and O–H groups in total. The lowest BCUT2D eigenvalue weighted by Crippen LogP contribution is -2.09. The fourth-order valence-corrected chi connectivity index (χ4v) is 2.66. The van der Waals surface area contributed by atoms with Gasteiger partial charge in [-0.2, -0.15) is 0 Å². The van der Waals surface area contributed by atoms with Crippen LogP contribution in [0.25, 0.3) is 0 Å². The number of aliphatic hydroxyl groups excluding tert-OH is 1. The Morgan fingerprint density at radius 2 is 1.11 bits per heavy atom. The van der Waals surface area contributed by atoms with Crippen molar-refractivity contribution in [2.45, 2.75) is 67.4 Å². The van der Waals surface area contributed by atoms with Gasteiger partial charge in [0.2, 0.25) is 0 Å². The van der Waals surface area contributed by atoms with Crippen molar-refractivity contribution in [2.75, 3.05) is 0 Å². The van der Waals surface area contributed by atoms with Crippen LogP contribution in [0.4, 0.5) is 0 Å². The Morgan fingerprint density at radius 1 is 0.722 bits per heavy atom. The second kappa shape index (κ2) is 5.88. The highest BCUT2D eigenvalue weighted by Crippen LogP contribution is 2.32. The molecule has 1 nitrogen and oxygen atoms in total. The van der Waals surface area contributed by atoms with Crippen LogP contribution in [0.2, 0.25) is 0 Å². The van der Waals surface area contributed by atoms with E-state index in [4.69, 9.17) is 0 Å². The summed E-state index contributed by atoms with van der Waals surface area (Å²) in [5, 5.41) is 10.5. The van der Waals surface area contributed by atoms with Crippen molar-refractivity contribution in [1.29, 1.82) is 0 Å². The predicted octanol–water partition coefficient (Wildman–Crippen LogP) is 4.70. The first-order valence-corrected chi connectivity index (χ1v) is 7.02. The minimum Gasteiger partial charge on any atom is -0.388 e. The number of aliphatic hydroxyl groups is 1. The van der Waals surface area contributed by atoms with E-state index in [1.807, 2.05) is 0 Å². The molecule has 102 valence electrons. The summed E-state index contributed by atoms with van der Waals surface area (Å²) in [6.45, 7) is 15.2. The lowest BCUT2D eigenvalue weighted by Gasteiger charge is -2.23. The zero-order chi connectivity index (χ0) is 14.0. The third-order valence-corrected chi connectivity index (χ3v) is 4.41. The summed E-state index contributed by atoms with van der Waals surface area (Å²) in [6.07, 6.45) is 1.62. The molecule has 0 bridgehead atoms. The van der Waals surface area contributed by atoms with Crippen molar-refractivity contribution in [3.63, 3.8) is 0 Å². The first kappa shape index (κ1) is 15.2. The number of hydrogen-bond acceptors (Lipinski definition) is 1. The predicted molar refractivity (Wildman–Crippen MR) is 79.2 cm³/mol. The number of hydrogen-bond donors (Lipinski definition) is 1. The van der Waals surface area contributed by atoms with Gasteiger partial charge in [-0.05, 0) is 86.8 Å². The molecule has 0 aliphatic carbocycles. The lowest BCUT2D eigenvalue weighted by molar-refractivity contribution is 0.157. The molecule has 0 aliphatic heterocycles. The maximum absolute atomic E-state index is 10.5. The summed E-state index contributed by atoms with van der Waals surface area (Å²) in [6, 6.07) is 0. The largest absolute Gasteiger partial charge is 0.388 e. The van der Waals surface area contributed by atoms with Crippen LogP contribution in [0.5, 0.6) is 0 Å². The molecule has 1 heteroatoms. The van der Waals surface area contributed by atoms with Gasteiger partial charge in [-0.1, -0.05) is 13.8 Å². The highest BCUT2D eigenvalue weighted by molar-refractivity contribution is 5.50. The van der Waals surface area contributed by atoms with Gasteiger partial charge in [0.05, 0.1) is 6.10 Å². The Morgan fingerprint density at radius 3 is 1.50 bits per heavy atom. The minimum atomic E-state index is -0.314. The molecule has 1 aromatic rings. The Labute approximate surface area is 112 Å². The molecule has 1 rings (SSSR count). The fourth-order valence-electron chi connectivity index (χ4n) is 2.66. The van der Waals surface area contributed by atoms with E-state index in [1.165, 1.54) is 27.8 Å². The third-order valence-electron chi connectivity index (χ3n) is 4.41. The summed E-state index contributed by atoms with van der Waals surface area (Å²) in [5.74, 6) is 0.646. The normalized spacial score (nSPS) is 13.2. The molecule has 0 aliphatic rings. The highest BCUT2D eigenvalue weighted by atomic mass is 16.3. The summed E-state index contributed by atoms with van der Waals surface area (Å²) in [5.41, 5.74) is 7.73. The van der Waals surface area contributed by atoms with Crippen LogP contribution in [0.15, 0.2) is 0 Å². The van der Waals surface area contributed by atoms with E-state index in [-0.39, 0.29) is 6.10 Å². The van der Waals surface area contributed by atoms with Crippen LogP contribution in [0.1, 0.15) is 66.2 Å². The van der Waals surface area contributed by atoms with Crippen LogP contribution in [-0.4, -0.2) is 5.11 Å². The van der Waals surface area contributed by atoms with E-state index in [0.29, 0.717) is 5.92 Å². The molecule has 0 spiro atoms. The molecule has 18 heavy (non-hydrogen) atoms. The second-order valence-electron chi connectivity index (χ2n) is 6.03. The summed E-state index contributed by atoms with van der Waals surface area (Å²) in [7, 11) is 0. The van der Waals surface area contributed by atoms with Crippen LogP contribution < -0.4 is 0 Å². The van der Waals surface area contributed by atoms with E-state index >= 15 is 0 Å². The van der Waals surface area contributed by atoms with Gasteiger partial charge in [-0.25, -0.2) is 0 Å². The molecule has 0 amide bonds. The first-order chi connectivity index (χ1) is 8.27. The first-order valence-electron chi connectivity index (χ1n) is 7.02. The van der Waals surface area contributed by atoms with E-state index < -0.39 is 0 Å². The van der Waals surface area contributed by atoms with Gasteiger partial charge in [-0.15, -0.1) is 0 Å². The Hall–Kier alpha value is -0.820. The molecule has 1 unspecified atom stereocenters. The fraction of sp³-hybridized carbons (Fsp3) is 0.647. The maximum atomic E-state index is 10.5. The average molecular weight is 248 g/mol. The van der Waals surface area contributed by atoms with Gasteiger partial charge in [-0.3, -0.25) is 0 Å². The van der Waals surface area contributed by atoms with Crippen molar-refractivity contribution in [2.24, 2.45) is 5.92 Å². The zero-order valence-electron chi connectivity index (χ0n) is 13.0. The number of benzene rings is 1. The van der Waals surface area contributed by atoms with Gasteiger partial charge in [0.1, 0.15) is 0 Å². The van der Waals surface area contributed by atoms with Crippen LogP contribution in [0, 0.1) is 40.5 Å². The van der Waals surface area contributed by atoms with E-state index in [1.54, 1.807) is 0 Å². The Balaban J connectivity index is 3.16. The van der Waals surface area contributed by atoms with Gasteiger partial charge >= 0.3 is 0 Å². The molecular formula is C17H28O. The third kappa shape index (κ3) is 2.95. The zero-order valence-corrected chi connectivity index (χ0v) is 13.0. The van der Waals surface area contributed by atoms with Gasteiger partial charge in [0, 0.05) is 0 Å². The van der Waals surface area contributed by atoms with Gasteiger partial charge in [0.15, 0.2) is 0 Å². The topological polar surface area (TPSA) is 20.2 Å². The maximum Gasteiger partial charge on any atom is 0.0795 e. The standard InChI is InChI=1S/C17H28O/c1-10(2)8-9-16(18)17-14(6)12(4)11(3)13(5)15(17)7/h10,16,18H,8-9H2,1-7H3. The van der Waals surface area contributed by atoms with Crippen LogP contribution in [0.3, 0.4) is 0 Å². The lowest BCUT2D eigenvalue weighted by atomic mass is 9.85. The molecule has 1 aromatic carbocycles. The minimum absolute atomic E-state index is 0.314. The molecular weight excluding hydrogens is 220 g/mol. The smallest absolute Gasteiger partial charge is 0.0795 e. The van der Waals surface area contributed by atoms with Gasteiger partial charge in [0.25, 0.3) is 0 Å². The average Bonchev–Trinajstić information content (AvgIpc) is 2.31. The quantitative estimate of drug-likeness (QED) is 0.819. The van der Waals surface area contributed by atoms with Crippen molar-refractivity contribution < 1.29 is 5.11 Å². The monoisotopic (exact) mass is 248 g/mol. The molecule has 0 heterocycles. The van der Waals surface area contributed by atoms with Crippen molar-refractivity contribution in [3.05, 3.63) is 33.4 Å². The molecule has 0 fully saturated rings. The van der Waals surface area contributed by atoms with E-state index in [9.17, 15) is 5.11 Å². The summed E-state index contributed by atoms with van der Waals surface area (Å²) >= 11 is 0. The van der Waals surface area contributed by atoms with Crippen molar-refractivity contribution >= 4 is 0 Å². The Bertz CT molecular complexity index is 401. The van der Waals surface area contributed by atoms with E-state index in [2.05, 4.69) is 48.5 Å². The molecule has 0 saturated heterocycles. The van der Waals surface area contributed by atoms with Gasteiger partial charge < -0.3 is 5.11 Å². The van der Waals surface area contributed by atoms with E-state index in [0.717, 1.165) is 18.4 Å². The van der Waals surface area contributed by atoms with Crippen molar-refractivity contribution in [3.8, 4) is 0 Å². The Kier molecular flexibility index (Phi) is 4.98. The van der Waals surface area contributed by atoms with Crippen LogP contribution >= 0.6 is 0 Å². The molecule has 0 radical (unpaired) electrons. The summed E-state index contributed by atoms with van der Waals surface area (Å²) in [4.78, 5) is 0. The SMILES string of the molecule is Cc1c(C)c(C)c(C(O)CCC(C)C)c(C)c1C. The molecule has 0 saturated carbocycles. The van der Waals surface area contributed by atoms with Crippen LogP contribution in [-0.2, 0) is 0 Å². The highest BCUT2D eigenvalue weighted by Gasteiger charge is 2.18. The molecule has 1 atom stereocenters. The van der Waals surface area contributed by atoms with Crippen molar-refractivity contribution in [1.82, 2.24) is 0 Å². The second-order valence-corrected chi connectivity index (χ2v) is 6.03. The number of rotatable bonds is 4.